The zero-order valence-corrected chi connectivity index (χ0v) is 16.0. The molecule has 0 bridgehead atoms. The van der Waals surface area contributed by atoms with E-state index >= 15 is 0 Å². The van der Waals surface area contributed by atoms with Gasteiger partial charge in [0, 0.05) is 37.9 Å². The van der Waals surface area contributed by atoms with Crippen molar-refractivity contribution >= 4 is 17.0 Å². The van der Waals surface area contributed by atoms with Crippen LogP contribution >= 0.6 is 0 Å². The fraction of sp³-hybridized carbons (Fsp3) is 0.474. The third-order valence-corrected chi connectivity index (χ3v) is 5.24. The average molecular weight is 407 g/mol. The highest BCUT2D eigenvalue weighted by atomic mass is 19.4. The molecule has 0 aliphatic carbocycles. The molecule has 1 atom stereocenters. The molecular weight excluding hydrogens is 387 g/mol. The van der Waals surface area contributed by atoms with Crippen molar-refractivity contribution in [2.75, 3.05) is 13.1 Å². The predicted octanol–water partition coefficient (Wildman–Crippen LogP) is 3.56. The molecule has 154 valence electrons. The average Bonchev–Trinajstić information content (AvgIpc) is 3.32. The third kappa shape index (κ3) is 3.58. The van der Waals surface area contributed by atoms with Crippen LogP contribution in [-0.4, -0.2) is 43.8 Å². The fourth-order valence-corrected chi connectivity index (χ4v) is 3.81. The van der Waals surface area contributed by atoms with E-state index in [2.05, 4.69) is 15.2 Å². The van der Waals surface area contributed by atoms with Gasteiger partial charge in [0.05, 0.1) is 28.4 Å². The summed E-state index contributed by atoms with van der Waals surface area (Å²) in [5, 5.41) is 7.85. The molecule has 0 saturated carbocycles. The van der Waals surface area contributed by atoms with E-state index in [9.17, 15) is 18.0 Å². The molecule has 0 N–H and O–H groups in total. The number of pyridine rings is 1. The van der Waals surface area contributed by atoms with Crippen molar-refractivity contribution in [3.63, 3.8) is 0 Å². The van der Waals surface area contributed by atoms with Crippen molar-refractivity contribution in [3.8, 4) is 0 Å². The molecule has 3 aromatic rings. The summed E-state index contributed by atoms with van der Waals surface area (Å²) in [7, 11) is 1.72. The van der Waals surface area contributed by atoms with Crippen molar-refractivity contribution in [2.24, 2.45) is 7.05 Å². The van der Waals surface area contributed by atoms with E-state index in [1.54, 1.807) is 25.1 Å². The minimum Gasteiger partial charge on any atom is -0.338 e. The van der Waals surface area contributed by atoms with E-state index in [-0.39, 0.29) is 35.2 Å². The number of carbonyl (C=O) groups is 1. The summed E-state index contributed by atoms with van der Waals surface area (Å²) in [6.07, 6.45) is 0.181. The lowest BCUT2D eigenvalue weighted by atomic mass is 9.91. The summed E-state index contributed by atoms with van der Waals surface area (Å²) in [5.41, 5.74) is 0.0628. The van der Waals surface area contributed by atoms with Crippen LogP contribution in [0.15, 0.2) is 23.0 Å². The number of rotatable bonds is 3. The predicted molar refractivity (Wildman–Crippen MR) is 97.3 cm³/mol. The van der Waals surface area contributed by atoms with Gasteiger partial charge in [-0.15, -0.1) is 0 Å². The van der Waals surface area contributed by atoms with Crippen LogP contribution in [0.1, 0.15) is 53.0 Å². The lowest BCUT2D eigenvalue weighted by molar-refractivity contribution is -0.136. The number of likely N-dealkylation sites (tertiary alicyclic amines) is 1. The van der Waals surface area contributed by atoms with Gasteiger partial charge in [-0.2, -0.15) is 18.3 Å². The molecule has 1 aliphatic heterocycles. The fourth-order valence-electron chi connectivity index (χ4n) is 3.81. The van der Waals surface area contributed by atoms with E-state index in [0.717, 1.165) is 6.07 Å². The van der Waals surface area contributed by atoms with Gasteiger partial charge in [0.1, 0.15) is 0 Å². The van der Waals surface area contributed by atoms with Gasteiger partial charge in [-0.25, -0.2) is 4.98 Å². The summed E-state index contributed by atoms with van der Waals surface area (Å²) in [6, 6.07) is 1.06. The first kappa shape index (κ1) is 19.4. The Kier molecular flexibility index (Phi) is 4.79. The Labute approximate surface area is 164 Å². The van der Waals surface area contributed by atoms with E-state index in [1.165, 1.54) is 10.9 Å². The van der Waals surface area contributed by atoms with Gasteiger partial charge >= 0.3 is 6.18 Å². The number of nitrogens with zero attached hydrogens (tertiary/aromatic N) is 5. The molecule has 1 amide bonds. The van der Waals surface area contributed by atoms with Crippen LogP contribution in [0.25, 0.3) is 11.1 Å². The topological polar surface area (TPSA) is 77.0 Å². The first-order valence-electron chi connectivity index (χ1n) is 9.42. The van der Waals surface area contributed by atoms with Crippen molar-refractivity contribution in [2.45, 2.75) is 38.3 Å². The molecule has 1 saturated heterocycles. The third-order valence-electron chi connectivity index (χ3n) is 5.24. The lowest BCUT2D eigenvalue weighted by Crippen LogP contribution is -2.39. The van der Waals surface area contributed by atoms with Crippen LogP contribution in [0.3, 0.4) is 0 Å². The number of carbonyl (C=O) groups excluding carboxylic acids is 1. The number of hydrogen-bond donors (Lipinski definition) is 0. The Bertz CT molecular complexity index is 1060. The summed E-state index contributed by atoms with van der Waals surface area (Å²) in [6.45, 7) is 2.53. The zero-order valence-electron chi connectivity index (χ0n) is 16.0. The van der Waals surface area contributed by atoms with Crippen molar-refractivity contribution < 1.29 is 22.5 Å². The van der Waals surface area contributed by atoms with Crippen molar-refractivity contribution in [1.29, 1.82) is 0 Å². The summed E-state index contributed by atoms with van der Waals surface area (Å²) in [5.74, 6) is -0.556. The smallest absolute Gasteiger partial charge is 0.338 e. The maximum absolute atomic E-state index is 13.7. The van der Waals surface area contributed by atoms with E-state index in [4.69, 9.17) is 4.52 Å². The molecule has 0 spiro atoms. The number of halogens is 3. The second-order valence-corrected chi connectivity index (χ2v) is 7.25. The Morgan fingerprint density at radius 1 is 1.38 bits per heavy atom. The Morgan fingerprint density at radius 3 is 2.83 bits per heavy atom. The van der Waals surface area contributed by atoms with Crippen LogP contribution in [0, 0.1) is 0 Å². The van der Waals surface area contributed by atoms with Crippen LogP contribution in [0.2, 0.25) is 0 Å². The number of amides is 1. The molecule has 29 heavy (non-hydrogen) atoms. The molecule has 1 fully saturated rings. The second-order valence-electron chi connectivity index (χ2n) is 7.25. The first-order chi connectivity index (χ1) is 13.8. The maximum Gasteiger partial charge on any atom is 0.417 e. The minimum absolute atomic E-state index is 0.102. The van der Waals surface area contributed by atoms with Gasteiger partial charge in [0.2, 0.25) is 0 Å². The highest BCUT2D eigenvalue weighted by Gasteiger charge is 2.38. The normalized spacial score (nSPS) is 17.8. The van der Waals surface area contributed by atoms with E-state index < -0.39 is 11.7 Å². The largest absolute Gasteiger partial charge is 0.417 e. The molecule has 0 radical (unpaired) electrons. The van der Waals surface area contributed by atoms with Gasteiger partial charge in [0.25, 0.3) is 11.6 Å². The van der Waals surface area contributed by atoms with Crippen molar-refractivity contribution in [3.05, 3.63) is 41.0 Å². The van der Waals surface area contributed by atoms with Crippen LogP contribution in [0.5, 0.6) is 0 Å². The molecule has 7 nitrogen and oxygen atoms in total. The molecule has 4 rings (SSSR count). The Balaban J connectivity index is 1.70. The van der Waals surface area contributed by atoms with Gasteiger partial charge in [0.15, 0.2) is 0 Å². The Hall–Kier alpha value is -2.91. The van der Waals surface area contributed by atoms with Gasteiger partial charge < -0.3 is 9.42 Å². The number of aromatic nitrogens is 4. The molecular formula is C19H20F3N5O2. The molecule has 10 heteroatoms. The summed E-state index contributed by atoms with van der Waals surface area (Å²) in [4.78, 5) is 18.5. The van der Waals surface area contributed by atoms with Gasteiger partial charge in [-0.3, -0.25) is 9.48 Å². The van der Waals surface area contributed by atoms with E-state index in [1.807, 2.05) is 0 Å². The highest BCUT2D eigenvalue weighted by Crippen LogP contribution is 2.40. The molecule has 0 aromatic carbocycles. The number of hydrogen-bond acceptors (Lipinski definition) is 5. The van der Waals surface area contributed by atoms with Crippen LogP contribution in [0.4, 0.5) is 13.2 Å². The minimum atomic E-state index is -4.55. The van der Waals surface area contributed by atoms with Crippen molar-refractivity contribution in [1.82, 2.24) is 24.8 Å². The van der Waals surface area contributed by atoms with Gasteiger partial charge in [-0.05, 0) is 25.3 Å². The van der Waals surface area contributed by atoms with Crippen LogP contribution in [-0.2, 0) is 19.6 Å². The monoisotopic (exact) mass is 407 g/mol. The number of piperidine rings is 1. The SMILES string of the molecule is CCc1cc(C(F)(F)F)c2c([C@@H]3CCCN(C(=O)c4cnn(C)c4)C3)noc2n1. The highest BCUT2D eigenvalue weighted by molar-refractivity contribution is 5.94. The maximum atomic E-state index is 13.7. The summed E-state index contributed by atoms with van der Waals surface area (Å²) < 4.78 is 47.9. The lowest BCUT2D eigenvalue weighted by Gasteiger charge is -2.31. The number of fused-ring (bicyclic) bond motifs is 1. The zero-order chi connectivity index (χ0) is 20.8. The second kappa shape index (κ2) is 7.16. The molecule has 4 heterocycles. The summed E-state index contributed by atoms with van der Waals surface area (Å²) >= 11 is 0. The van der Waals surface area contributed by atoms with Crippen LogP contribution < -0.4 is 0 Å². The van der Waals surface area contributed by atoms with E-state index in [0.29, 0.717) is 37.1 Å². The Morgan fingerprint density at radius 2 is 2.17 bits per heavy atom. The molecule has 3 aromatic heterocycles. The molecule has 1 aliphatic rings. The standard InChI is InChI=1S/C19H20F3N5O2/c1-3-13-7-14(19(20,21)22)15-16(25-29-17(15)24-13)11-5-4-6-27(10-11)18(28)12-8-23-26(2)9-12/h7-9,11H,3-6,10H2,1-2H3/t11-/m1/s1. The van der Waals surface area contributed by atoms with Gasteiger partial charge in [-0.1, -0.05) is 12.1 Å². The quantitative estimate of drug-likeness (QED) is 0.664. The molecule has 0 unspecified atom stereocenters. The first-order valence-corrected chi connectivity index (χ1v) is 9.42. The number of alkyl halides is 3. The number of aryl methyl sites for hydroxylation is 2.